The molecule has 3 rings (SSSR count). The molecular formula is C18H19BrClF3N4O. The lowest BCUT2D eigenvalue weighted by Crippen LogP contribution is -2.49. The van der Waals surface area contributed by atoms with Crippen molar-refractivity contribution in [1.82, 2.24) is 19.6 Å². The molecule has 5 nitrogen and oxygen atoms in total. The zero-order valence-corrected chi connectivity index (χ0v) is 17.5. The number of halogens is 5. The Morgan fingerprint density at radius 3 is 2.32 bits per heavy atom. The SMILES string of the molecule is Cc1c(Br)c(C(F)(F)F)nn1CC(=O)N1CCN(Cc2ccc(Cl)cc2)CC1. The highest BCUT2D eigenvalue weighted by molar-refractivity contribution is 9.10. The van der Waals surface area contributed by atoms with Crippen molar-refractivity contribution in [2.75, 3.05) is 26.2 Å². The van der Waals surface area contributed by atoms with Crippen LogP contribution in [0.1, 0.15) is 17.0 Å². The molecule has 0 N–H and O–H groups in total. The molecular weight excluding hydrogens is 461 g/mol. The Hall–Kier alpha value is -1.58. The number of nitrogens with zero attached hydrogens (tertiary/aromatic N) is 4. The van der Waals surface area contributed by atoms with Gasteiger partial charge in [0.1, 0.15) is 6.54 Å². The minimum atomic E-state index is -4.56. The van der Waals surface area contributed by atoms with Crippen molar-refractivity contribution in [3.8, 4) is 0 Å². The number of aromatic nitrogens is 2. The van der Waals surface area contributed by atoms with Crippen molar-refractivity contribution >= 4 is 33.4 Å². The van der Waals surface area contributed by atoms with E-state index in [1.807, 2.05) is 24.3 Å². The molecule has 2 heterocycles. The highest BCUT2D eigenvalue weighted by Crippen LogP contribution is 2.35. The van der Waals surface area contributed by atoms with Crippen molar-refractivity contribution in [2.45, 2.75) is 26.2 Å². The molecule has 0 radical (unpaired) electrons. The third-order valence-corrected chi connectivity index (χ3v) is 5.93. The van der Waals surface area contributed by atoms with Gasteiger partial charge in [0.15, 0.2) is 5.69 Å². The van der Waals surface area contributed by atoms with E-state index in [0.29, 0.717) is 31.2 Å². The Morgan fingerprint density at radius 2 is 1.79 bits per heavy atom. The van der Waals surface area contributed by atoms with Crippen molar-refractivity contribution in [1.29, 1.82) is 0 Å². The van der Waals surface area contributed by atoms with Gasteiger partial charge in [-0.15, -0.1) is 0 Å². The van der Waals surface area contributed by atoms with Gasteiger partial charge in [-0.3, -0.25) is 14.4 Å². The molecule has 2 aromatic rings. The first-order chi connectivity index (χ1) is 13.1. The summed E-state index contributed by atoms with van der Waals surface area (Å²) in [6, 6.07) is 7.62. The highest BCUT2D eigenvalue weighted by atomic mass is 79.9. The van der Waals surface area contributed by atoms with E-state index in [1.54, 1.807) is 4.90 Å². The summed E-state index contributed by atoms with van der Waals surface area (Å²) in [4.78, 5) is 16.4. The Kier molecular flexibility index (Phi) is 6.36. The molecule has 1 aromatic carbocycles. The quantitative estimate of drug-likeness (QED) is 0.666. The number of hydrogen-bond acceptors (Lipinski definition) is 3. The summed E-state index contributed by atoms with van der Waals surface area (Å²) in [5.74, 6) is -0.238. The van der Waals surface area contributed by atoms with Crippen LogP contribution in [0.4, 0.5) is 13.2 Å². The third-order valence-electron chi connectivity index (χ3n) is 4.73. The van der Waals surface area contributed by atoms with Crippen LogP contribution in [-0.4, -0.2) is 51.7 Å². The zero-order valence-electron chi connectivity index (χ0n) is 15.1. The van der Waals surface area contributed by atoms with Crippen LogP contribution < -0.4 is 0 Å². The first-order valence-corrected chi connectivity index (χ1v) is 9.87. The lowest BCUT2D eigenvalue weighted by molar-refractivity contribution is -0.142. The number of hydrogen-bond donors (Lipinski definition) is 0. The number of piperazine rings is 1. The lowest BCUT2D eigenvalue weighted by Gasteiger charge is -2.34. The summed E-state index contributed by atoms with van der Waals surface area (Å²) in [6.07, 6.45) is -4.56. The van der Waals surface area contributed by atoms with Gasteiger partial charge in [-0.05, 0) is 40.5 Å². The number of alkyl halides is 3. The third kappa shape index (κ3) is 4.87. The zero-order chi connectivity index (χ0) is 20.5. The minimum absolute atomic E-state index is 0.124. The molecule has 0 aliphatic carbocycles. The molecule has 10 heteroatoms. The van der Waals surface area contributed by atoms with Crippen LogP contribution in [0.25, 0.3) is 0 Å². The standard InChI is InChI=1S/C18H19BrClF3N4O/c1-12-16(19)17(18(21,22)23)24-27(12)11-15(28)26-8-6-25(7-9-26)10-13-2-4-14(20)5-3-13/h2-5H,6-11H2,1H3. The van der Waals surface area contributed by atoms with Crippen molar-refractivity contribution in [3.63, 3.8) is 0 Å². The van der Waals surface area contributed by atoms with E-state index in [-0.39, 0.29) is 22.6 Å². The van der Waals surface area contributed by atoms with Gasteiger partial charge in [0.2, 0.25) is 5.91 Å². The fourth-order valence-electron chi connectivity index (χ4n) is 3.09. The fourth-order valence-corrected chi connectivity index (χ4v) is 3.73. The van der Waals surface area contributed by atoms with Crippen molar-refractivity contribution in [2.24, 2.45) is 0 Å². The number of carbonyl (C=O) groups excluding carboxylic acids is 1. The average Bonchev–Trinajstić information content (AvgIpc) is 2.93. The van der Waals surface area contributed by atoms with Gasteiger partial charge in [-0.25, -0.2) is 0 Å². The van der Waals surface area contributed by atoms with Crippen LogP contribution >= 0.6 is 27.5 Å². The maximum atomic E-state index is 13.0. The Balaban J connectivity index is 1.56. The predicted octanol–water partition coefficient (Wildman–Crippen LogP) is 3.97. The molecule has 0 atom stereocenters. The number of benzene rings is 1. The molecule has 0 unspecified atom stereocenters. The smallest absolute Gasteiger partial charge is 0.339 e. The van der Waals surface area contributed by atoms with Crippen LogP contribution in [0, 0.1) is 6.92 Å². The average molecular weight is 480 g/mol. The van der Waals surface area contributed by atoms with Crippen molar-refractivity contribution < 1.29 is 18.0 Å². The Morgan fingerprint density at radius 1 is 1.18 bits per heavy atom. The molecule has 1 saturated heterocycles. The van der Waals surface area contributed by atoms with Crippen LogP contribution in [0.2, 0.25) is 5.02 Å². The number of carbonyl (C=O) groups is 1. The second-order valence-electron chi connectivity index (χ2n) is 6.69. The largest absolute Gasteiger partial charge is 0.436 e. The van der Waals surface area contributed by atoms with Gasteiger partial charge in [0.25, 0.3) is 0 Å². The number of amides is 1. The molecule has 0 spiro atoms. The molecule has 0 saturated carbocycles. The summed E-state index contributed by atoms with van der Waals surface area (Å²) in [6.45, 7) is 4.51. The predicted molar refractivity (Wildman–Crippen MR) is 103 cm³/mol. The van der Waals surface area contributed by atoms with Crippen LogP contribution in [0.5, 0.6) is 0 Å². The molecule has 28 heavy (non-hydrogen) atoms. The van der Waals surface area contributed by atoms with E-state index in [0.717, 1.165) is 16.8 Å². The van der Waals surface area contributed by atoms with E-state index >= 15 is 0 Å². The van der Waals surface area contributed by atoms with Crippen LogP contribution in [0.15, 0.2) is 28.7 Å². The normalized spacial score (nSPS) is 15.9. The highest BCUT2D eigenvalue weighted by Gasteiger charge is 2.38. The monoisotopic (exact) mass is 478 g/mol. The molecule has 1 aromatic heterocycles. The summed E-state index contributed by atoms with van der Waals surface area (Å²) < 4.78 is 39.9. The van der Waals surface area contributed by atoms with Crippen molar-refractivity contribution in [3.05, 3.63) is 50.7 Å². The topological polar surface area (TPSA) is 41.4 Å². The van der Waals surface area contributed by atoms with E-state index in [2.05, 4.69) is 25.9 Å². The molecule has 1 aliphatic heterocycles. The summed E-state index contributed by atoms with van der Waals surface area (Å²) in [5, 5.41) is 4.26. The molecule has 1 aliphatic rings. The van der Waals surface area contributed by atoms with E-state index < -0.39 is 11.9 Å². The van der Waals surface area contributed by atoms with E-state index in [9.17, 15) is 18.0 Å². The molecule has 152 valence electrons. The van der Waals surface area contributed by atoms with Crippen LogP contribution in [0.3, 0.4) is 0 Å². The molecule has 0 bridgehead atoms. The Labute approximate surface area is 174 Å². The summed E-state index contributed by atoms with van der Waals surface area (Å²) in [7, 11) is 0. The maximum absolute atomic E-state index is 13.0. The molecule has 1 amide bonds. The second-order valence-corrected chi connectivity index (χ2v) is 7.92. The van der Waals surface area contributed by atoms with Gasteiger partial charge >= 0.3 is 6.18 Å². The van der Waals surface area contributed by atoms with Gasteiger partial charge in [-0.2, -0.15) is 18.3 Å². The first-order valence-electron chi connectivity index (χ1n) is 8.70. The van der Waals surface area contributed by atoms with E-state index in [4.69, 9.17) is 11.6 Å². The lowest BCUT2D eigenvalue weighted by atomic mass is 10.2. The first kappa shape index (κ1) is 21.1. The second kappa shape index (κ2) is 8.42. The van der Waals surface area contributed by atoms with E-state index in [1.165, 1.54) is 6.92 Å². The Bertz CT molecular complexity index is 846. The summed E-state index contributed by atoms with van der Waals surface area (Å²) >= 11 is 8.82. The van der Waals surface area contributed by atoms with Gasteiger partial charge < -0.3 is 4.90 Å². The van der Waals surface area contributed by atoms with Gasteiger partial charge in [0, 0.05) is 37.7 Å². The maximum Gasteiger partial charge on any atom is 0.436 e. The van der Waals surface area contributed by atoms with Gasteiger partial charge in [-0.1, -0.05) is 23.7 Å². The van der Waals surface area contributed by atoms with Gasteiger partial charge in [0.05, 0.1) is 10.2 Å². The van der Waals surface area contributed by atoms with Crippen LogP contribution in [-0.2, 0) is 24.1 Å². The fraction of sp³-hybridized carbons (Fsp3) is 0.444. The minimum Gasteiger partial charge on any atom is -0.339 e. The number of rotatable bonds is 4. The molecule has 1 fully saturated rings. The summed E-state index contributed by atoms with van der Waals surface area (Å²) in [5.41, 5.74) is 0.411.